The minimum atomic E-state index is -1.26. The predicted octanol–water partition coefficient (Wildman–Crippen LogP) is 19.1. The van der Waals surface area contributed by atoms with Gasteiger partial charge >= 0.3 is 11.9 Å². The molecule has 0 saturated carbocycles. The summed E-state index contributed by atoms with van der Waals surface area (Å²) in [5.74, 6) is 1.72. The lowest BCUT2D eigenvalue weighted by Gasteiger charge is -2.43. The number of carbonyl (C=O) groups excluding carboxylic acids is 2. The Labute approximate surface area is 605 Å². The van der Waals surface area contributed by atoms with Gasteiger partial charge in [0.05, 0.1) is 5.92 Å². The maximum Gasteiger partial charge on any atom is 0.303 e. The second-order valence-electron chi connectivity index (χ2n) is 25.5. The van der Waals surface area contributed by atoms with Crippen LogP contribution in [0.2, 0.25) is 0 Å². The lowest BCUT2D eigenvalue weighted by atomic mass is 9.77. The van der Waals surface area contributed by atoms with Crippen molar-refractivity contribution in [1.82, 2.24) is 0 Å². The molecule has 2 aliphatic heterocycles. The number of hydrogen-bond acceptors (Lipinski definition) is 14. The van der Waals surface area contributed by atoms with Gasteiger partial charge in [0.15, 0.2) is 41.3 Å². The topological polar surface area (TPSA) is 145 Å². The number of rotatable bonds is 29. The van der Waals surface area contributed by atoms with E-state index in [2.05, 4.69) is 0 Å². The normalized spacial score (nSPS) is 15.6. The van der Waals surface area contributed by atoms with Crippen LogP contribution in [-0.2, 0) is 78.3 Å². The molecule has 14 rings (SSSR count). The SMILES string of the molecule is CC(=O)O[C@H]1[C@H](c2c(OCc3ccccc3)cc(OCc3ccccc3)c3c2O[C@H](c2ccc(OCc4ccccc4)c(OCc4ccccc4)c2)[C@H](OC(C)=O)C3)c2c(OCc3ccccc3)cc(OCc3ccccc3)cc2O[C@@H]1c1ccc(OCc2ccccc2)c(OCc2ccccc2)c1. The summed E-state index contributed by atoms with van der Waals surface area (Å²) in [5.41, 5.74) is 10.0. The van der Waals surface area contributed by atoms with Gasteiger partial charge in [0.25, 0.3) is 0 Å². The molecule has 0 bridgehead atoms. The van der Waals surface area contributed by atoms with Gasteiger partial charge in [0.1, 0.15) is 93.5 Å². The van der Waals surface area contributed by atoms with Gasteiger partial charge in [-0.3, -0.25) is 9.59 Å². The van der Waals surface area contributed by atoms with Crippen molar-refractivity contribution in [2.45, 2.75) is 103 Å². The number of benzene rings is 12. The van der Waals surface area contributed by atoms with Crippen LogP contribution in [0.15, 0.2) is 297 Å². The second kappa shape index (κ2) is 33.4. The van der Waals surface area contributed by atoms with Gasteiger partial charge in [-0.1, -0.05) is 255 Å². The van der Waals surface area contributed by atoms with E-state index in [9.17, 15) is 9.59 Å². The highest BCUT2D eigenvalue weighted by atomic mass is 16.6. The fourth-order valence-electron chi connectivity index (χ4n) is 13.0. The molecule has 0 N–H and O–H groups in total. The molecule has 12 aromatic carbocycles. The van der Waals surface area contributed by atoms with Crippen molar-refractivity contribution >= 4 is 11.9 Å². The minimum absolute atomic E-state index is 0.0655. The molecule has 0 aromatic heterocycles. The first-order valence-electron chi connectivity index (χ1n) is 34.8. The van der Waals surface area contributed by atoms with Gasteiger partial charge in [-0.15, -0.1) is 0 Å². The van der Waals surface area contributed by atoms with E-state index < -0.39 is 42.3 Å². The van der Waals surface area contributed by atoms with Crippen LogP contribution < -0.4 is 47.4 Å². The number of ether oxygens (including phenoxy) is 12. The summed E-state index contributed by atoms with van der Waals surface area (Å²) in [5, 5.41) is 0. The standard InChI is InChI=1S/C90H78O14/c1-61(91)101-83-51-74-77(96-56-66-33-17-6-18-34-66)52-81(100-60-70-41-25-10-26-42-70)85(89(74)104-87(83)71-43-45-75(94-54-64-29-13-4-14-30-64)78(47-71)97-57-67-35-19-7-20-36-67)86-84-80(99-59-69-39-23-9-24-40-69)49-73(93-53-63-27-11-3-12-28-63)50-82(84)103-88(90(86)102-62(2)92)72-44-46-76(95-55-65-31-15-5-16-32-65)79(48-72)98-58-68-37-21-8-22-38-68/h3-50,52,83,86-88,90H,51,53-60H2,1-2H3/t83-,86+,87-,88-,90+/m1/s1. The maximum atomic E-state index is 14.6. The molecule has 5 atom stereocenters. The molecule has 14 heteroatoms. The molecule has 522 valence electrons. The Morgan fingerprint density at radius 3 is 1.04 bits per heavy atom. The van der Waals surface area contributed by atoms with Crippen molar-refractivity contribution in [3.63, 3.8) is 0 Å². The van der Waals surface area contributed by atoms with E-state index in [-0.39, 0.29) is 59.3 Å². The molecule has 0 radical (unpaired) electrons. The summed E-state index contributed by atoms with van der Waals surface area (Å²) in [6.07, 6.45) is -4.34. The van der Waals surface area contributed by atoms with E-state index in [1.165, 1.54) is 13.8 Å². The van der Waals surface area contributed by atoms with Crippen molar-refractivity contribution in [1.29, 1.82) is 0 Å². The summed E-state index contributed by atoms with van der Waals surface area (Å²) >= 11 is 0. The van der Waals surface area contributed by atoms with Gasteiger partial charge < -0.3 is 56.8 Å². The van der Waals surface area contributed by atoms with Gasteiger partial charge in [0, 0.05) is 66.3 Å². The molecule has 0 aliphatic carbocycles. The smallest absolute Gasteiger partial charge is 0.303 e. The number of carbonyl (C=O) groups is 2. The van der Waals surface area contributed by atoms with Crippen LogP contribution in [0.3, 0.4) is 0 Å². The van der Waals surface area contributed by atoms with Gasteiger partial charge in [-0.2, -0.15) is 0 Å². The molecule has 2 aliphatic rings. The zero-order chi connectivity index (χ0) is 70.8. The van der Waals surface area contributed by atoms with Gasteiger partial charge in [-0.25, -0.2) is 0 Å². The highest BCUT2D eigenvalue weighted by Crippen LogP contribution is 2.59. The molecule has 104 heavy (non-hydrogen) atoms. The third-order valence-corrected chi connectivity index (χ3v) is 18.0. The minimum Gasteiger partial charge on any atom is -0.489 e. The first kappa shape index (κ1) is 68.7. The summed E-state index contributed by atoms with van der Waals surface area (Å²) in [7, 11) is 0. The van der Waals surface area contributed by atoms with E-state index in [1.807, 2.05) is 297 Å². The van der Waals surface area contributed by atoms with Crippen molar-refractivity contribution in [3.8, 4) is 57.5 Å². The fraction of sp³-hybridized carbons (Fsp3) is 0.178. The van der Waals surface area contributed by atoms with Crippen LogP contribution >= 0.6 is 0 Å². The van der Waals surface area contributed by atoms with E-state index in [1.54, 1.807) is 0 Å². The molecule has 0 amide bonds. The van der Waals surface area contributed by atoms with Crippen molar-refractivity contribution in [2.24, 2.45) is 0 Å². The number of fused-ring (bicyclic) bond motifs is 2. The average molecular weight is 1380 g/mol. The molecule has 0 unspecified atom stereocenters. The Bertz CT molecular complexity index is 4800. The van der Waals surface area contributed by atoms with E-state index >= 15 is 0 Å². The second-order valence-corrected chi connectivity index (χ2v) is 25.5. The van der Waals surface area contributed by atoms with Crippen LogP contribution in [0, 0.1) is 0 Å². The van der Waals surface area contributed by atoms with Crippen LogP contribution in [0.25, 0.3) is 0 Å². The molecular weight excluding hydrogens is 1300 g/mol. The molecular formula is C90H78O14. The van der Waals surface area contributed by atoms with Crippen molar-refractivity contribution in [3.05, 3.63) is 370 Å². The largest absolute Gasteiger partial charge is 0.489 e. The molecule has 14 nitrogen and oxygen atoms in total. The van der Waals surface area contributed by atoms with Crippen LogP contribution in [0.4, 0.5) is 0 Å². The predicted molar refractivity (Wildman–Crippen MR) is 395 cm³/mol. The molecule has 0 spiro atoms. The van der Waals surface area contributed by atoms with Crippen LogP contribution in [0.1, 0.15) is 104 Å². The fourth-order valence-corrected chi connectivity index (χ4v) is 13.0. The summed E-state index contributed by atoms with van der Waals surface area (Å²) in [6.45, 7) is 4.22. The Morgan fingerprint density at radius 1 is 0.317 bits per heavy atom. The number of hydrogen-bond donors (Lipinski definition) is 0. The third-order valence-electron chi connectivity index (χ3n) is 18.0. The monoisotopic (exact) mass is 1380 g/mol. The van der Waals surface area contributed by atoms with Gasteiger partial charge in [0.2, 0.25) is 0 Å². The lowest BCUT2D eigenvalue weighted by Crippen LogP contribution is -2.40. The zero-order valence-electron chi connectivity index (χ0n) is 57.8. The maximum absolute atomic E-state index is 14.6. The van der Waals surface area contributed by atoms with Crippen LogP contribution in [-0.4, -0.2) is 24.1 Å². The first-order chi connectivity index (χ1) is 51.2. The summed E-state index contributed by atoms with van der Waals surface area (Å²) < 4.78 is 83.9. The molecule has 12 aromatic rings. The Balaban J connectivity index is 1.00. The van der Waals surface area contributed by atoms with Crippen molar-refractivity contribution in [2.75, 3.05) is 0 Å². The highest BCUT2D eigenvalue weighted by Gasteiger charge is 2.50. The average Bonchev–Trinajstić information content (AvgIpc) is 0.719. The summed E-state index contributed by atoms with van der Waals surface area (Å²) in [4.78, 5) is 28.4. The van der Waals surface area contributed by atoms with E-state index in [4.69, 9.17) is 56.8 Å². The highest BCUT2D eigenvalue weighted by molar-refractivity contribution is 5.71. The molecule has 0 fully saturated rings. The first-order valence-corrected chi connectivity index (χ1v) is 34.8. The zero-order valence-corrected chi connectivity index (χ0v) is 57.8. The van der Waals surface area contributed by atoms with Crippen LogP contribution in [0.5, 0.6) is 57.5 Å². The van der Waals surface area contributed by atoms with Gasteiger partial charge in [-0.05, 0) is 68.8 Å². The summed E-state index contributed by atoms with van der Waals surface area (Å²) in [6, 6.07) is 95.9. The molecule has 2 heterocycles. The Hall–Kier alpha value is -12.4. The number of esters is 2. The van der Waals surface area contributed by atoms with Crippen molar-refractivity contribution < 1.29 is 66.4 Å². The van der Waals surface area contributed by atoms with E-state index in [0.717, 1.165) is 44.5 Å². The Morgan fingerprint density at radius 2 is 0.654 bits per heavy atom. The quantitative estimate of drug-likeness (QED) is 0.0410. The Kier molecular flexibility index (Phi) is 22.0. The third kappa shape index (κ3) is 17.3. The molecule has 0 saturated heterocycles. The van der Waals surface area contributed by atoms with E-state index in [0.29, 0.717) is 85.3 Å². The lowest BCUT2D eigenvalue weighted by molar-refractivity contribution is -0.154.